The van der Waals surface area contributed by atoms with E-state index in [1.54, 1.807) is 0 Å². The monoisotopic (exact) mass is 275 g/mol. The maximum atomic E-state index is 5.89. The molecule has 0 fully saturated rings. The molecule has 0 radical (unpaired) electrons. The highest BCUT2D eigenvalue weighted by molar-refractivity contribution is 5.37. The molecule has 2 N–H and O–H groups in total. The molecular weight excluding hydrogens is 246 g/mol. The predicted molar refractivity (Wildman–Crippen MR) is 85.3 cm³/mol. The van der Waals surface area contributed by atoms with Gasteiger partial charge < -0.3 is 10.5 Å². The molecule has 2 rings (SSSR count). The number of nitrogens with two attached hydrogens (primary N) is 1. The molecule has 0 saturated carbocycles. The van der Waals surface area contributed by atoms with Crippen molar-refractivity contribution in [3.05, 3.63) is 29.3 Å². The van der Waals surface area contributed by atoms with Gasteiger partial charge in [-0.15, -0.1) is 0 Å². The van der Waals surface area contributed by atoms with Gasteiger partial charge in [0, 0.05) is 0 Å². The van der Waals surface area contributed by atoms with Gasteiger partial charge in [-0.25, -0.2) is 0 Å². The van der Waals surface area contributed by atoms with Crippen LogP contribution < -0.4 is 10.5 Å². The fourth-order valence-corrected chi connectivity index (χ4v) is 2.80. The first-order valence-corrected chi connectivity index (χ1v) is 8.05. The third-order valence-electron chi connectivity index (χ3n) is 4.39. The van der Waals surface area contributed by atoms with Crippen molar-refractivity contribution in [1.82, 2.24) is 0 Å². The Morgan fingerprint density at radius 2 is 1.85 bits per heavy atom. The van der Waals surface area contributed by atoms with E-state index in [0.717, 1.165) is 25.3 Å². The van der Waals surface area contributed by atoms with Gasteiger partial charge in [0.25, 0.3) is 0 Å². The molecule has 0 spiro atoms. The van der Waals surface area contributed by atoms with Gasteiger partial charge >= 0.3 is 0 Å². The molecule has 20 heavy (non-hydrogen) atoms. The van der Waals surface area contributed by atoms with Crippen LogP contribution in [0, 0.1) is 5.41 Å². The standard InChI is InChI=1S/C18H29NO/c1-18(2,14-19)11-5-6-12-20-17-10-9-15-7-3-4-8-16(15)13-17/h9-10,13H,3-8,11-12,14,19H2,1-2H3. The number of ether oxygens (including phenoxy) is 1. The Labute approximate surface area is 123 Å². The van der Waals surface area contributed by atoms with Crippen molar-refractivity contribution in [2.45, 2.75) is 58.8 Å². The lowest BCUT2D eigenvalue weighted by Gasteiger charge is -2.22. The summed E-state index contributed by atoms with van der Waals surface area (Å²) in [7, 11) is 0. The van der Waals surface area contributed by atoms with Crippen molar-refractivity contribution < 1.29 is 4.74 Å². The van der Waals surface area contributed by atoms with Crippen LogP contribution >= 0.6 is 0 Å². The average molecular weight is 275 g/mol. The lowest BCUT2D eigenvalue weighted by atomic mass is 9.87. The van der Waals surface area contributed by atoms with Crippen LogP contribution in [0.5, 0.6) is 5.75 Å². The molecule has 112 valence electrons. The minimum absolute atomic E-state index is 0.270. The minimum Gasteiger partial charge on any atom is -0.494 e. The van der Waals surface area contributed by atoms with E-state index in [-0.39, 0.29) is 5.41 Å². The van der Waals surface area contributed by atoms with Crippen molar-refractivity contribution in [3.8, 4) is 5.75 Å². The van der Waals surface area contributed by atoms with E-state index in [1.165, 1.54) is 49.7 Å². The third-order valence-corrected chi connectivity index (χ3v) is 4.39. The van der Waals surface area contributed by atoms with E-state index in [0.29, 0.717) is 0 Å². The topological polar surface area (TPSA) is 35.2 Å². The Kier molecular flexibility index (Phi) is 5.47. The molecule has 1 aromatic rings. The van der Waals surface area contributed by atoms with Gasteiger partial charge in [0.2, 0.25) is 0 Å². The summed E-state index contributed by atoms with van der Waals surface area (Å²) in [5.41, 5.74) is 9.04. The Morgan fingerprint density at radius 1 is 1.10 bits per heavy atom. The van der Waals surface area contributed by atoms with Crippen molar-refractivity contribution >= 4 is 0 Å². The van der Waals surface area contributed by atoms with Gasteiger partial charge in [-0.3, -0.25) is 0 Å². The van der Waals surface area contributed by atoms with E-state index < -0.39 is 0 Å². The molecule has 0 aliphatic heterocycles. The zero-order valence-corrected chi connectivity index (χ0v) is 13.1. The molecule has 0 heterocycles. The molecule has 0 bridgehead atoms. The summed E-state index contributed by atoms with van der Waals surface area (Å²) in [5, 5.41) is 0. The number of benzene rings is 1. The van der Waals surface area contributed by atoms with Crippen molar-refractivity contribution in [3.63, 3.8) is 0 Å². The largest absolute Gasteiger partial charge is 0.494 e. The minimum atomic E-state index is 0.270. The molecule has 1 aliphatic rings. The van der Waals surface area contributed by atoms with Crippen molar-refractivity contribution in [2.24, 2.45) is 11.1 Å². The Bertz CT molecular complexity index is 425. The number of aryl methyl sites for hydroxylation is 2. The second kappa shape index (κ2) is 7.12. The predicted octanol–water partition coefficient (Wildman–Crippen LogP) is 4.10. The van der Waals surface area contributed by atoms with Crippen LogP contribution in [0.2, 0.25) is 0 Å². The van der Waals surface area contributed by atoms with E-state index >= 15 is 0 Å². The SMILES string of the molecule is CC(C)(CN)CCCCOc1ccc2c(c1)CCCC2. The van der Waals surface area contributed by atoms with E-state index in [2.05, 4.69) is 32.0 Å². The zero-order chi connectivity index (χ0) is 14.4. The number of fused-ring (bicyclic) bond motifs is 1. The second-order valence-corrected chi connectivity index (χ2v) is 6.81. The first-order chi connectivity index (χ1) is 9.61. The van der Waals surface area contributed by atoms with E-state index in [9.17, 15) is 0 Å². The maximum Gasteiger partial charge on any atom is 0.119 e. The molecule has 2 heteroatoms. The summed E-state index contributed by atoms with van der Waals surface area (Å²) in [6.07, 6.45) is 8.60. The fraction of sp³-hybridized carbons (Fsp3) is 0.667. The average Bonchev–Trinajstić information content (AvgIpc) is 2.46. The number of unbranched alkanes of at least 4 members (excludes halogenated alkanes) is 1. The first-order valence-electron chi connectivity index (χ1n) is 8.05. The van der Waals surface area contributed by atoms with Crippen LogP contribution in [0.15, 0.2) is 18.2 Å². The molecular formula is C18H29NO. The number of hydrogen-bond donors (Lipinski definition) is 1. The third kappa shape index (κ3) is 4.52. The summed E-state index contributed by atoms with van der Waals surface area (Å²) in [6, 6.07) is 6.63. The van der Waals surface area contributed by atoms with E-state index in [1.807, 2.05) is 0 Å². The molecule has 1 aromatic carbocycles. The molecule has 1 aliphatic carbocycles. The van der Waals surface area contributed by atoms with Crippen LogP contribution in [-0.2, 0) is 12.8 Å². The Hall–Kier alpha value is -1.02. The van der Waals surface area contributed by atoms with Crippen LogP contribution in [0.1, 0.15) is 57.1 Å². The van der Waals surface area contributed by atoms with Crippen LogP contribution in [-0.4, -0.2) is 13.2 Å². The number of hydrogen-bond acceptors (Lipinski definition) is 2. The Morgan fingerprint density at radius 3 is 2.60 bits per heavy atom. The fourth-order valence-electron chi connectivity index (χ4n) is 2.80. The molecule has 0 unspecified atom stereocenters. The highest BCUT2D eigenvalue weighted by atomic mass is 16.5. The zero-order valence-electron chi connectivity index (χ0n) is 13.1. The molecule has 2 nitrogen and oxygen atoms in total. The maximum absolute atomic E-state index is 5.89. The van der Waals surface area contributed by atoms with Crippen molar-refractivity contribution in [2.75, 3.05) is 13.2 Å². The molecule has 0 saturated heterocycles. The molecule has 0 amide bonds. The Balaban J connectivity index is 1.72. The van der Waals surface area contributed by atoms with Gasteiger partial charge in [0.05, 0.1) is 6.61 Å². The highest BCUT2D eigenvalue weighted by Gasteiger charge is 2.14. The summed E-state index contributed by atoms with van der Waals surface area (Å²) in [6.45, 7) is 6.05. The normalized spacial score (nSPS) is 14.9. The number of rotatable bonds is 7. The lowest BCUT2D eigenvalue weighted by molar-refractivity contribution is 0.278. The van der Waals surface area contributed by atoms with E-state index in [4.69, 9.17) is 10.5 Å². The summed E-state index contributed by atoms with van der Waals surface area (Å²) in [4.78, 5) is 0. The molecule has 0 aromatic heterocycles. The molecule has 0 atom stereocenters. The first kappa shape index (κ1) is 15.4. The lowest BCUT2D eigenvalue weighted by Crippen LogP contribution is -2.23. The van der Waals surface area contributed by atoms with Gasteiger partial charge in [-0.2, -0.15) is 0 Å². The van der Waals surface area contributed by atoms with Crippen LogP contribution in [0.25, 0.3) is 0 Å². The van der Waals surface area contributed by atoms with Crippen molar-refractivity contribution in [1.29, 1.82) is 0 Å². The smallest absolute Gasteiger partial charge is 0.119 e. The highest BCUT2D eigenvalue weighted by Crippen LogP contribution is 2.26. The van der Waals surface area contributed by atoms with Crippen LogP contribution in [0.3, 0.4) is 0 Å². The summed E-state index contributed by atoms with van der Waals surface area (Å²) >= 11 is 0. The van der Waals surface area contributed by atoms with Gasteiger partial charge in [-0.05, 0) is 80.2 Å². The van der Waals surface area contributed by atoms with Gasteiger partial charge in [-0.1, -0.05) is 19.9 Å². The summed E-state index contributed by atoms with van der Waals surface area (Å²) in [5.74, 6) is 1.05. The second-order valence-electron chi connectivity index (χ2n) is 6.81. The van der Waals surface area contributed by atoms with Crippen LogP contribution in [0.4, 0.5) is 0 Å². The van der Waals surface area contributed by atoms with Gasteiger partial charge in [0.15, 0.2) is 0 Å². The quantitative estimate of drug-likeness (QED) is 0.760. The summed E-state index contributed by atoms with van der Waals surface area (Å²) < 4.78 is 5.89. The van der Waals surface area contributed by atoms with Gasteiger partial charge in [0.1, 0.15) is 5.75 Å².